The molecule has 21 heavy (non-hydrogen) atoms. The molecule has 0 saturated carbocycles. The summed E-state index contributed by atoms with van der Waals surface area (Å²) in [5.74, 6) is 0.773. The molecule has 2 nitrogen and oxygen atoms in total. The minimum atomic E-state index is 0.386. The highest BCUT2D eigenvalue weighted by Gasteiger charge is 2.25. The Balaban J connectivity index is 1.91. The lowest BCUT2D eigenvalue weighted by Gasteiger charge is -2.37. The minimum Gasteiger partial charge on any atom is -0.307 e. The molecule has 1 aromatic rings. The SMILES string of the molecule is CCCN1CCCC(C(C)N[C@@H](C)c2ccccc2Br)C1. The van der Waals surface area contributed by atoms with Crippen LogP contribution < -0.4 is 5.32 Å². The Kier molecular flexibility index (Phi) is 6.72. The van der Waals surface area contributed by atoms with E-state index < -0.39 is 0 Å². The monoisotopic (exact) mass is 352 g/mol. The highest BCUT2D eigenvalue weighted by molar-refractivity contribution is 9.10. The molecule has 0 radical (unpaired) electrons. The van der Waals surface area contributed by atoms with E-state index in [1.807, 2.05) is 0 Å². The number of nitrogens with one attached hydrogen (secondary N) is 1. The first-order valence-corrected chi connectivity index (χ1v) is 9.14. The third-order valence-electron chi connectivity index (χ3n) is 4.67. The van der Waals surface area contributed by atoms with Crippen molar-refractivity contribution >= 4 is 15.9 Å². The van der Waals surface area contributed by atoms with Crippen molar-refractivity contribution in [2.75, 3.05) is 19.6 Å². The van der Waals surface area contributed by atoms with E-state index >= 15 is 0 Å². The van der Waals surface area contributed by atoms with E-state index in [4.69, 9.17) is 0 Å². The summed E-state index contributed by atoms with van der Waals surface area (Å²) in [5.41, 5.74) is 1.35. The van der Waals surface area contributed by atoms with Gasteiger partial charge in [0.2, 0.25) is 0 Å². The summed E-state index contributed by atoms with van der Waals surface area (Å²) >= 11 is 3.66. The molecule has 3 heteroatoms. The number of hydrogen-bond acceptors (Lipinski definition) is 2. The Morgan fingerprint density at radius 2 is 2.10 bits per heavy atom. The van der Waals surface area contributed by atoms with Crippen molar-refractivity contribution in [3.63, 3.8) is 0 Å². The smallest absolute Gasteiger partial charge is 0.0305 e. The first kappa shape index (κ1) is 17.0. The van der Waals surface area contributed by atoms with Crippen LogP contribution >= 0.6 is 15.9 Å². The van der Waals surface area contributed by atoms with Gasteiger partial charge in [-0.05, 0) is 63.7 Å². The molecule has 0 bridgehead atoms. The molecule has 1 N–H and O–H groups in total. The molecule has 0 spiro atoms. The van der Waals surface area contributed by atoms with Gasteiger partial charge in [-0.2, -0.15) is 0 Å². The molecule has 118 valence electrons. The highest BCUT2D eigenvalue weighted by atomic mass is 79.9. The minimum absolute atomic E-state index is 0.386. The van der Waals surface area contributed by atoms with Crippen LogP contribution in [0.15, 0.2) is 28.7 Å². The lowest BCUT2D eigenvalue weighted by atomic mass is 9.90. The predicted octanol–water partition coefficient (Wildman–Crippen LogP) is 4.61. The molecule has 2 unspecified atom stereocenters. The van der Waals surface area contributed by atoms with Crippen LogP contribution in [0, 0.1) is 5.92 Å². The van der Waals surface area contributed by atoms with Gasteiger partial charge in [-0.1, -0.05) is 41.1 Å². The van der Waals surface area contributed by atoms with Crippen molar-refractivity contribution in [3.05, 3.63) is 34.3 Å². The van der Waals surface area contributed by atoms with Crippen molar-refractivity contribution in [1.82, 2.24) is 10.2 Å². The molecule has 0 aromatic heterocycles. The maximum Gasteiger partial charge on any atom is 0.0305 e. The van der Waals surface area contributed by atoms with Gasteiger partial charge in [0.05, 0.1) is 0 Å². The lowest BCUT2D eigenvalue weighted by molar-refractivity contribution is 0.147. The van der Waals surface area contributed by atoms with Crippen LogP contribution in [0.1, 0.15) is 51.6 Å². The van der Waals surface area contributed by atoms with Gasteiger partial charge in [-0.15, -0.1) is 0 Å². The van der Waals surface area contributed by atoms with E-state index in [0.29, 0.717) is 12.1 Å². The lowest BCUT2D eigenvalue weighted by Crippen LogP contribution is -2.45. The highest BCUT2D eigenvalue weighted by Crippen LogP contribution is 2.26. The largest absolute Gasteiger partial charge is 0.307 e. The summed E-state index contributed by atoms with van der Waals surface area (Å²) in [7, 11) is 0. The normalized spacial score (nSPS) is 23.0. The first-order valence-electron chi connectivity index (χ1n) is 8.34. The fourth-order valence-electron chi connectivity index (χ4n) is 3.47. The molecule has 1 saturated heterocycles. The van der Waals surface area contributed by atoms with Gasteiger partial charge in [-0.25, -0.2) is 0 Å². The molecule has 1 aliphatic heterocycles. The predicted molar refractivity (Wildman–Crippen MR) is 94.6 cm³/mol. The number of benzene rings is 1. The van der Waals surface area contributed by atoms with E-state index in [1.54, 1.807) is 0 Å². The standard InChI is InChI=1S/C18H29BrN2/c1-4-11-21-12-7-8-16(13-21)14(2)20-15(3)17-9-5-6-10-18(17)19/h5-6,9-10,14-16,20H,4,7-8,11-13H2,1-3H3/t14?,15-,16?/m0/s1. The quantitative estimate of drug-likeness (QED) is 0.803. The van der Waals surface area contributed by atoms with Gasteiger partial charge in [0.1, 0.15) is 0 Å². The van der Waals surface area contributed by atoms with E-state index in [1.165, 1.54) is 48.9 Å². The number of likely N-dealkylation sites (tertiary alicyclic amines) is 1. The molecular formula is C18H29BrN2. The first-order chi connectivity index (χ1) is 10.1. The Morgan fingerprint density at radius 3 is 2.81 bits per heavy atom. The van der Waals surface area contributed by atoms with Gasteiger partial charge >= 0.3 is 0 Å². The third kappa shape index (κ3) is 4.80. The molecule has 1 aromatic carbocycles. The molecule has 3 atom stereocenters. The molecule has 0 amide bonds. The Bertz CT molecular complexity index is 433. The van der Waals surface area contributed by atoms with Crippen LogP contribution in [0.25, 0.3) is 0 Å². The molecule has 1 aliphatic rings. The number of nitrogens with zero attached hydrogens (tertiary/aromatic N) is 1. The summed E-state index contributed by atoms with van der Waals surface area (Å²) in [4.78, 5) is 2.63. The van der Waals surface area contributed by atoms with Gasteiger partial charge < -0.3 is 10.2 Å². The second-order valence-corrected chi connectivity index (χ2v) is 7.26. The van der Waals surface area contributed by atoms with Crippen LogP contribution in [0.5, 0.6) is 0 Å². The fraction of sp³-hybridized carbons (Fsp3) is 0.667. The Morgan fingerprint density at radius 1 is 1.33 bits per heavy atom. The van der Waals surface area contributed by atoms with Crippen LogP contribution in [-0.4, -0.2) is 30.6 Å². The van der Waals surface area contributed by atoms with Crippen LogP contribution in [0.2, 0.25) is 0 Å². The van der Waals surface area contributed by atoms with Crippen molar-refractivity contribution in [2.45, 2.75) is 52.1 Å². The van der Waals surface area contributed by atoms with Crippen LogP contribution in [-0.2, 0) is 0 Å². The number of rotatable bonds is 6. The summed E-state index contributed by atoms with van der Waals surface area (Å²) in [5, 5.41) is 3.81. The van der Waals surface area contributed by atoms with Crippen molar-refractivity contribution in [2.24, 2.45) is 5.92 Å². The van der Waals surface area contributed by atoms with Gasteiger partial charge in [0.15, 0.2) is 0 Å². The van der Waals surface area contributed by atoms with Crippen molar-refractivity contribution in [1.29, 1.82) is 0 Å². The number of piperidine rings is 1. The van der Waals surface area contributed by atoms with E-state index in [-0.39, 0.29) is 0 Å². The summed E-state index contributed by atoms with van der Waals surface area (Å²) in [6.07, 6.45) is 3.97. The zero-order chi connectivity index (χ0) is 15.2. The maximum atomic E-state index is 3.81. The topological polar surface area (TPSA) is 15.3 Å². The van der Waals surface area contributed by atoms with E-state index in [9.17, 15) is 0 Å². The fourth-order valence-corrected chi connectivity index (χ4v) is 4.09. The molecule has 0 aliphatic carbocycles. The Labute approximate surface area is 138 Å². The summed E-state index contributed by atoms with van der Waals surface area (Å²) in [6.45, 7) is 10.7. The average Bonchev–Trinajstić information content (AvgIpc) is 2.48. The zero-order valence-electron chi connectivity index (χ0n) is 13.6. The molecular weight excluding hydrogens is 324 g/mol. The van der Waals surface area contributed by atoms with Gasteiger partial charge in [0.25, 0.3) is 0 Å². The molecule has 1 heterocycles. The van der Waals surface area contributed by atoms with Crippen LogP contribution in [0.4, 0.5) is 0 Å². The van der Waals surface area contributed by atoms with Gasteiger partial charge in [0, 0.05) is 23.1 Å². The summed E-state index contributed by atoms with van der Waals surface area (Å²) < 4.78 is 1.20. The second-order valence-electron chi connectivity index (χ2n) is 6.40. The summed E-state index contributed by atoms with van der Waals surface area (Å²) in [6, 6.07) is 9.48. The van der Waals surface area contributed by atoms with Gasteiger partial charge in [-0.3, -0.25) is 0 Å². The third-order valence-corrected chi connectivity index (χ3v) is 5.40. The van der Waals surface area contributed by atoms with E-state index in [2.05, 4.69) is 71.2 Å². The van der Waals surface area contributed by atoms with Crippen molar-refractivity contribution < 1.29 is 0 Å². The number of halogens is 1. The average molecular weight is 353 g/mol. The number of hydrogen-bond donors (Lipinski definition) is 1. The molecule has 1 fully saturated rings. The maximum absolute atomic E-state index is 3.81. The Hall–Kier alpha value is -0.380. The van der Waals surface area contributed by atoms with Crippen LogP contribution in [0.3, 0.4) is 0 Å². The van der Waals surface area contributed by atoms with E-state index in [0.717, 1.165) is 5.92 Å². The zero-order valence-corrected chi connectivity index (χ0v) is 15.2. The second kappa shape index (κ2) is 8.30. The van der Waals surface area contributed by atoms with Crippen molar-refractivity contribution in [3.8, 4) is 0 Å². The molecule has 2 rings (SSSR count).